The van der Waals surface area contributed by atoms with Gasteiger partial charge in [0.05, 0.1) is 6.54 Å². The van der Waals surface area contributed by atoms with E-state index in [1.165, 1.54) is 5.56 Å². The molecule has 1 aromatic heterocycles. The number of hydrogen-bond acceptors (Lipinski definition) is 1. The van der Waals surface area contributed by atoms with Gasteiger partial charge in [0.15, 0.2) is 18.9 Å². The standard InChI is InChI=1S/C11H19N2/c1-11(2,3)10-4-7-13(8-5-10)9-6-12/h4-5,7-8H,6,9,12H2,1-3H3/q+1. The van der Waals surface area contributed by atoms with E-state index in [0.717, 1.165) is 6.54 Å². The lowest BCUT2D eigenvalue weighted by atomic mass is 9.88. The van der Waals surface area contributed by atoms with Gasteiger partial charge in [-0.15, -0.1) is 0 Å². The molecule has 0 atom stereocenters. The van der Waals surface area contributed by atoms with Gasteiger partial charge >= 0.3 is 0 Å². The summed E-state index contributed by atoms with van der Waals surface area (Å²) in [6, 6.07) is 4.32. The highest BCUT2D eigenvalue weighted by Crippen LogP contribution is 2.19. The maximum atomic E-state index is 5.46. The van der Waals surface area contributed by atoms with Gasteiger partial charge in [-0.2, -0.15) is 0 Å². The number of pyridine rings is 1. The molecule has 0 aliphatic heterocycles. The van der Waals surface area contributed by atoms with Crippen molar-refractivity contribution >= 4 is 0 Å². The molecule has 0 unspecified atom stereocenters. The molecule has 0 saturated carbocycles. The Hall–Kier alpha value is -0.890. The van der Waals surface area contributed by atoms with E-state index in [1.54, 1.807) is 0 Å². The summed E-state index contributed by atoms with van der Waals surface area (Å²) in [5, 5.41) is 0. The van der Waals surface area contributed by atoms with Crippen LogP contribution in [-0.2, 0) is 12.0 Å². The fraction of sp³-hybridized carbons (Fsp3) is 0.545. The Kier molecular flexibility index (Phi) is 3.04. The van der Waals surface area contributed by atoms with Crippen molar-refractivity contribution in [2.75, 3.05) is 6.54 Å². The van der Waals surface area contributed by atoms with Crippen LogP contribution in [0.15, 0.2) is 24.5 Å². The Labute approximate surface area is 80.4 Å². The van der Waals surface area contributed by atoms with Gasteiger partial charge in [0, 0.05) is 12.1 Å². The van der Waals surface area contributed by atoms with Crippen molar-refractivity contribution in [3.8, 4) is 0 Å². The topological polar surface area (TPSA) is 29.9 Å². The van der Waals surface area contributed by atoms with Gasteiger partial charge in [0.1, 0.15) is 0 Å². The van der Waals surface area contributed by atoms with E-state index < -0.39 is 0 Å². The average molecular weight is 179 g/mol. The van der Waals surface area contributed by atoms with Crippen molar-refractivity contribution in [2.24, 2.45) is 5.73 Å². The van der Waals surface area contributed by atoms with Crippen LogP contribution in [0.5, 0.6) is 0 Å². The second-order valence-electron chi connectivity index (χ2n) is 4.36. The van der Waals surface area contributed by atoms with Crippen LogP contribution in [0.3, 0.4) is 0 Å². The lowest BCUT2D eigenvalue weighted by Crippen LogP contribution is -2.37. The maximum Gasteiger partial charge on any atom is 0.169 e. The third-order valence-electron chi connectivity index (χ3n) is 2.14. The maximum absolute atomic E-state index is 5.46. The van der Waals surface area contributed by atoms with Crippen LogP contribution in [0.25, 0.3) is 0 Å². The monoisotopic (exact) mass is 179 g/mol. The van der Waals surface area contributed by atoms with E-state index in [4.69, 9.17) is 5.73 Å². The average Bonchev–Trinajstić information content (AvgIpc) is 2.04. The zero-order valence-corrected chi connectivity index (χ0v) is 8.75. The van der Waals surface area contributed by atoms with Crippen molar-refractivity contribution in [2.45, 2.75) is 32.7 Å². The second-order valence-corrected chi connectivity index (χ2v) is 4.36. The summed E-state index contributed by atoms with van der Waals surface area (Å²) >= 11 is 0. The highest BCUT2D eigenvalue weighted by molar-refractivity contribution is 5.17. The van der Waals surface area contributed by atoms with E-state index in [-0.39, 0.29) is 5.41 Å². The van der Waals surface area contributed by atoms with E-state index in [1.807, 2.05) is 0 Å². The molecule has 0 aliphatic carbocycles. The zero-order valence-electron chi connectivity index (χ0n) is 8.75. The van der Waals surface area contributed by atoms with Gasteiger partial charge in [-0.05, 0) is 11.0 Å². The SMILES string of the molecule is CC(C)(C)c1cc[n+](CCN)cc1. The van der Waals surface area contributed by atoms with E-state index in [9.17, 15) is 0 Å². The lowest BCUT2D eigenvalue weighted by Gasteiger charge is -2.17. The minimum Gasteiger partial charge on any atom is -0.325 e. The number of rotatable bonds is 2. The number of aromatic nitrogens is 1. The minimum absolute atomic E-state index is 0.238. The van der Waals surface area contributed by atoms with Crippen molar-refractivity contribution in [3.05, 3.63) is 30.1 Å². The molecule has 0 bridgehead atoms. The normalized spacial score (nSPS) is 11.7. The van der Waals surface area contributed by atoms with Crippen LogP contribution in [0.2, 0.25) is 0 Å². The Bertz CT molecular complexity index is 256. The van der Waals surface area contributed by atoms with Crippen LogP contribution < -0.4 is 10.3 Å². The molecule has 0 saturated heterocycles. The van der Waals surface area contributed by atoms with E-state index in [2.05, 4.69) is 49.9 Å². The molecule has 0 radical (unpaired) electrons. The van der Waals surface area contributed by atoms with Crippen molar-refractivity contribution in [1.82, 2.24) is 0 Å². The fourth-order valence-corrected chi connectivity index (χ4v) is 1.26. The van der Waals surface area contributed by atoms with Gasteiger partial charge in [0.2, 0.25) is 0 Å². The number of hydrogen-bond donors (Lipinski definition) is 1. The summed E-state index contributed by atoms with van der Waals surface area (Å²) in [5.41, 5.74) is 7.06. The first kappa shape index (κ1) is 10.2. The predicted molar refractivity (Wildman–Crippen MR) is 54.4 cm³/mol. The van der Waals surface area contributed by atoms with Crippen LogP contribution in [0.1, 0.15) is 26.3 Å². The lowest BCUT2D eigenvalue weighted by molar-refractivity contribution is -0.694. The van der Waals surface area contributed by atoms with Gasteiger partial charge in [-0.1, -0.05) is 20.8 Å². The molecule has 0 fully saturated rings. The molecule has 0 aliphatic rings. The third-order valence-corrected chi connectivity index (χ3v) is 2.14. The largest absolute Gasteiger partial charge is 0.325 e. The minimum atomic E-state index is 0.238. The first-order valence-corrected chi connectivity index (χ1v) is 4.73. The summed E-state index contributed by atoms with van der Waals surface area (Å²) in [6.07, 6.45) is 4.18. The molecule has 1 rings (SSSR count). The Balaban J connectivity index is 2.81. The van der Waals surface area contributed by atoms with Crippen molar-refractivity contribution in [1.29, 1.82) is 0 Å². The smallest absolute Gasteiger partial charge is 0.169 e. The summed E-state index contributed by atoms with van der Waals surface area (Å²) in [6.45, 7) is 8.24. The molecule has 1 heterocycles. The predicted octanol–water partition coefficient (Wildman–Crippen LogP) is 1.23. The molecule has 0 amide bonds. The highest BCUT2D eigenvalue weighted by Gasteiger charge is 2.14. The first-order chi connectivity index (χ1) is 6.04. The summed E-state index contributed by atoms with van der Waals surface area (Å²) < 4.78 is 2.11. The van der Waals surface area contributed by atoms with Gasteiger partial charge in [0.25, 0.3) is 0 Å². The molecule has 0 aromatic carbocycles. The molecule has 2 N–H and O–H groups in total. The Morgan fingerprint density at radius 2 is 1.77 bits per heavy atom. The molecule has 0 spiro atoms. The Morgan fingerprint density at radius 3 is 2.15 bits per heavy atom. The molecular weight excluding hydrogens is 160 g/mol. The van der Waals surface area contributed by atoms with Gasteiger partial charge < -0.3 is 5.73 Å². The van der Waals surface area contributed by atoms with Crippen LogP contribution in [0, 0.1) is 0 Å². The zero-order chi connectivity index (χ0) is 9.90. The van der Waals surface area contributed by atoms with Crippen molar-refractivity contribution < 1.29 is 4.57 Å². The quantitative estimate of drug-likeness (QED) is 0.680. The van der Waals surface area contributed by atoms with Gasteiger partial charge in [-0.3, -0.25) is 0 Å². The molecule has 2 nitrogen and oxygen atoms in total. The summed E-state index contributed by atoms with van der Waals surface area (Å²) in [4.78, 5) is 0. The van der Waals surface area contributed by atoms with Crippen molar-refractivity contribution in [3.63, 3.8) is 0 Å². The molecule has 1 aromatic rings. The molecular formula is C11H19N2+. The molecule has 2 heteroatoms. The summed E-state index contributed by atoms with van der Waals surface area (Å²) in [7, 11) is 0. The van der Waals surface area contributed by atoms with E-state index >= 15 is 0 Å². The highest BCUT2D eigenvalue weighted by atomic mass is 14.9. The van der Waals surface area contributed by atoms with Crippen LogP contribution >= 0.6 is 0 Å². The fourth-order valence-electron chi connectivity index (χ4n) is 1.26. The third kappa shape index (κ3) is 2.81. The van der Waals surface area contributed by atoms with E-state index in [0.29, 0.717) is 6.54 Å². The summed E-state index contributed by atoms with van der Waals surface area (Å²) in [5.74, 6) is 0. The number of nitrogens with zero attached hydrogens (tertiary/aromatic N) is 1. The molecule has 13 heavy (non-hydrogen) atoms. The number of nitrogens with two attached hydrogens (primary N) is 1. The Morgan fingerprint density at radius 1 is 1.23 bits per heavy atom. The molecule has 72 valence electrons. The van der Waals surface area contributed by atoms with Crippen LogP contribution in [-0.4, -0.2) is 6.54 Å². The first-order valence-electron chi connectivity index (χ1n) is 4.73. The second kappa shape index (κ2) is 3.88. The van der Waals surface area contributed by atoms with Crippen LogP contribution in [0.4, 0.5) is 0 Å². The van der Waals surface area contributed by atoms with Gasteiger partial charge in [-0.25, -0.2) is 4.57 Å².